The van der Waals surface area contributed by atoms with Crippen LogP contribution in [0.15, 0.2) is 24.3 Å². The van der Waals surface area contributed by atoms with Gasteiger partial charge >= 0.3 is 0 Å². The zero-order valence-electron chi connectivity index (χ0n) is 7.82. The van der Waals surface area contributed by atoms with E-state index in [1.807, 2.05) is 0 Å². The van der Waals surface area contributed by atoms with E-state index < -0.39 is 0 Å². The SMILES string of the molecule is Cc1ccc(COCCON)cc1. The molecule has 0 aliphatic heterocycles. The number of rotatable bonds is 5. The fourth-order valence-electron chi connectivity index (χ4n) is 0.981. The molecule has 0 spiro atoms. The van der Waals surface area contributed by atoms with E-state index in [-0.39, 0.29) is 0 Å². The van der Waals surface area contributed by atoms with Gasteiger partial charge in [0.15, 0.2) is 0 Å². The van der Waals surface area contributed by atoms with E-state index in [0.717, 1.165) is 0 Å². The minimum Gasteiger partial charge on any atom is -0.374 e. The van der Waals surface area contributed by atoms with Gasteiger partial charge in [0.2, 0.25) is 0 Å². The highest BCUT2D eigenvalue weighted by Crippen LogP contribution is 2.03. The fourth-order valence-corrected chi connectivity index (χ4v) is 0.981. The lowest BCUT2D eigenvalue weighted by Crippen LogP contribution is -2.07. The first-order chi connectivity index (χ1) is 6.33. The molecular weight excluding hydrogens is 166 g/mol. The standard InChI is InChI=1S/C10H15NO2/c1-9-2-4-10(5-3-9)8-12-6-7-13-11/h2-5H,6-8,11H2,1H3. The molecule has 1 rings (SSSR count). The van der Waals surface area contributed by atoms with Gasteiger partial charge in [-0.05, 0) is 12.5 Å². The maximum atomic E-state index is 5.29. The molecule has 0 saturated carbocycles. The molecule has 2 N–H and O–H groups in total. The van der Waals surface area contributed by atoms with Crippen molar-refractivity contribution in [2.75, 3.05) is 13.2 Å². The molecule has 3 heteroatoms. The van der Waals surface area contributed by atoms with Crippen molar-refractivity contribution in [3.63, 3.8) is 0 Å². The molecule has 0 radical (unpaired) electrons. The van der Waals surface area contributed by atoms with Gasteiger partial charge in [0, 0.05) is 0 Å². The van der Waals surface area contributed by atoms with Crippen LogP contribution in [0.25, 0.3) is 0 Å². The lowest BCUT2D eigenvalue weighted by molar-refractivity contribution is 0.0405. The van der Waals surface area contributed by atoms with Crippen LogP contribution in [-0.2, 0) is 16.2 Å². The fraction of sp³-hybridized carbons (Fsp3) is 0.400. The van der Waals surface area contributed by atoms with E-state index in [9.17, 15) is 0 Å². The van der Waals surface area contributed by atoms with Crippen molar-refractivity contribution in [3.8, 4) is 0 Å². The van der Waals surface area contributed by atoms with Crippen LogP contribution in [0.4, 0.5) is 0 Å². The van der Waals surface area contributed by atoms with Crippen molar-refractivity contribution in [1.82, 2.24) is 0 Å². The molecule has 0 fully saturated rings. The average Bonchev–Trinajstić information content (AvgIpc) is 2.15. The molecule has 1 aromatic carbocycles. The molecule has 0 heterocycles. The smallest absolute Gasteiger partial charge is 0.0913 e. The molecule has 0 bridgehead atoms. The molecule has 0 aliphatic rings. The Labute approximate surface area is 78.4 Å². The number of aryl methyl sites for hydroxylation is 1. The van der Waals surface area contributed by atoms with Crippen LogP contribution in [0.5, 0.6) is 0 Å². The quantitative estimate of drug-likeness (QED) is 0.551. The minimum atomic E-state index is 0.436. The van der Waals surface area contributed by atoms with Gasteiger partial charge in [-0.25, -0.2) is 5.90 Å². The summed E-state index contributed by atoms with van der Waals surface area (Å²) in [5.41, 5.74) is 2.43. The second-order valence-corrected chi connectivity index (χ2v) is 2.91. The summed E-state index contributed by atoms with van der Waals surface area (Å²) in [6.45, 7) is 3.65. The monoisotopic (exact) mass is 181 g/mol. The summed E-state index contributed by atoms with van der Waals surface area (Å²) in [6.07, 6.45) is 0. The van der Waals surface area contributed by atoms with Gasteiger partial charge in [-0.2, -0.15) is 0 Å². The Morgan fingerprint density at radius 2 is 1.85 bits per heavy atom. The van der Waals surface area contributed by atoms with E-state index in [2.05, 4.69) is 36.0 Å². The second-order valence-electron chi connectivity index (χ2n) is 2.91. The van der Waals surface area contributed by atoms with Crippen molar-refractivity contribution in [3.05, 3.63) is 35.4 Å². The van der Waals surface area contributed by atoms with Crippen molar-refractivity contribution >= 4 is 0 Å². The third-order valence-electron chi connectivity index (χ3n) is 1.73. The number of hydrogen-bond acceptors (Lipinski definition) is 3. The summed E-state index contributed by atoms with van der Waals surface area (Å²) >= 11 is 0. The molecule has 0 atom stereocenters. The Kier molecular flexibility index (Phi) is 4.46. The van der Waals surface area contributed by atoms with Gasteiger partial charge in [0.25, 0.3) is 0 Å². The lowest BCUT2D eigenvalue weighted by atomic mass is 10.2. The number of ether oxygens (including phenoxy) is 1. The van der Waals surface area contributed by atoms with Crippen LogP contribution < -0.4 is 5.90 Å². The summed E-state index contributed by atoms with van der Waals surface area (Å²) in [7, 11) is 0. The zero-order chi connectivity index (χ0) is 9.52. The molecule has 0 aliphatic carbocycles. The molecule has 0 unspecified atom stereocenters. The minimum absolute atomic E-state index is 0.436. The maximum absolute atomic E-state index is 5.29. The Morgan fingerprint density at radius 1 is 1.15 bits per heavy atom. The summed E-state index contributed by atoms with van der Waals surface area (Å²) in [5, 5.41) is 0. The van der Waals surface area contributed by atoms with Gasteiger partial charge in [0.05, 0.1) is 19.8 Å². The van der Waals surface area contributed by atoms with Crippen molar-refractivity contribution in [2.45, 2.75) is 13.5 Å². The second kappa shape index (κ2) is 5.70. The summed E-state index contributed by atoms with van der Waals surface area (Å²) < 4.78 is 5.29. The molecule has 0 amide bonds. The molecule has 13 heavy (non-hydrogen) atoms. The normalized spacial score (nSPS) is 10.3. The first kappa shape index (κ1) is 10.2. The molecular formula is C10H15NO2. The van der Waals surface area contributed by atoms with Crippen LogP contribution in [0, 0.1) is 6.92 Å². The van der Waals surface area contributed by atoms with Crippen LogP contribution in [0.2, 0.25) is 0 Å². The van der Waals surface area contributed by atoms with E-state index >= 15 is 0 Å². The number of benzene rings is 1. The van der Waals surface area contributed by atoms with Crippen LogP contribution in [-0.4, -0.2) is 13.2 Å². The van der Waals surface area contributed by atoms with Crippen LogP contribution >= 0.6 is 0 Å². The van der Waals surface area contributed by atoms with Gasteiger partial charge in [-0.1, -0.05) is 29.8 Å². The Bertz CT molecular complexity index is 233. The summed E-state index contributed by atoms with van der Waals surface area (Å²) in [4.78, 5) is 4.37. The lowest BCUT2D eigenvalue weighted by Gasteiger charge is -2.03. The van der Waals surface area contributed by atoms with Gasteiger partial charge in [-0.3, -0.25) is 0 Å². The number of hydrogen-bond donors (Lipinski definition) is 1. The molecule has 72 valence electrons. The number of nitrogens with two attached hydrogens (primary N) is 1. The van der Waals surface area contributed by atoms with Crippen molar-refractivity contribution in [2.24, 2.45) is 5.90 Å². The maximum Gasteiger partial charge on any atom is 0.0913 e. The van der Waals surface area contributed by atoms with E-state index in [4.69, 9.17) is 10.6 Å². The Balaban J connectivity index is 2.25. The van der Waals surface area contributed by atoms with Crippen molar-refractivity contribution < 1.29 is 9.57 Å². The summed E-state index contributed by atoms with van der Waals surface area (Å²) in [5.74, 6) is 4.85. The van der Waals surface area contributed by atoms with Gasteiger partial charge < -0.3 is 9.57 Å². The van der Waals surface area contributed by atoms with Crippen LogP contribution in [0.3, 0.4) is 0 Å². The largest absolute Gasteiger partial charge is 0.374 e. The van der Waals surface area contributed by atoms with Gasteiger partial charge in [0.1, 0.15) is 0 Å². The Morgan fingerprint density at radius 3 is 2.46 bits per heavy atom. The molecule has 1 aromatic rings. The summed E-state index contributed by atoms with van der Waals surface area (Å²) in [6, 6.07) is 8.24. The van der Waals surface area contributed by atoms with E-state index in [1.54, 1.807) is 0 Å². The third-order valence-corrected chi connectivity index (χ3v) is 1.73. The first-order valence-electron chi connectivity index (χ1n) is 4.28. The predicted molar refractivity (Wildman–Crippen MR) is 51.0 cm³/mol. The molecule has 0 aromatic heterocycles. The highest BCUT2D eigenvalue weighted by Gasteiger charge is 1.92. The van der Waals surface area contributed by atoms with E-state index in [0.29, 0.717) is 19.8 Å². The zero-order valence-corrected chi connectivity index (χ0v) is 7.82. The van der Waals surface area contributed by atoms with Gasteiger partial charge in [-0.15, -0.1) is 0 Å². The first-order valence-corrected chi connectivity index (χ1v) is 4.28. The van der Waals surface area contributed by atoms with E-state index in [1.165, 1.54) is 11.1 Å². The van der Waals surface area contributed by atoms with Crippen LogP contribution in [0.1, 0.15) is 11.1 Å². The van der Waals surface area contributed by atoms with Crippen molar-refractivity contribution in [1.29, 1.82) is 0 Å². The highest BCUT2D eigenvalue weighted by molar-refractivity contribution is 5.20. The third kappa shape index (κ3) is 4.03. The molecule has 3 nitrogen and oxygen atoms in total. The molecule has 0 saturated heterocycles. The predicted octanol–water partition coefficient (Wildman–Crippen LogP) is 1.40. The topological polar surface area (TPSA) is 44.5 Å². The average molecular weight is 181 g/mol. The highest BCUT2D eigenvalue weighted by atomic mass is 16.6. The Hall–Kier alpha value is -0.900.